The Balaban J connectivity index is 1.33. The maximum absolute atomic E-state index is 13.5. The highest BCUT2D eigenvalue weighted by atomic mass is 19.4. The number of alkyl halides is 3. The molecule has 1 fully saturated rings. The Morgan fingerprint density at radius 1 is 0.919 bits per heavy atom. The predicted molar refractivity (Wildman–Crippen MR) is 130 cm³/mol. The molecule has 11 heteroatoms. The highest BCUT2D eigenvalue weighted by Crippen LogP contribution is 2.35. The normalized spacial score (nSPS) is 15.7. The Kier molecular flexibility index (Phi) is 6.09. The number of hydrogen-bond donors (Lipinski definition) is 0. The SMILES string of the molecule is CC(C)(C(=O)N1CCN(c2cccc(C(F)(F)F)c2)CC1)n1nc(-c2ccc3c(c2)OCO3)ccc1=O. The molecule has 2 aromatic carbocycles. The standard InChI is InChI=1S/C26H25F3N4O4/c1-25(2,33-23(34)9-7-20(30-33)17-6-8-21-22(14-17)37-16-36-21)24(35)32-12-10-31(11-13-32)19-5-3-4-18(15-19)26(27,28)29/h3-9,14-15H,10-13,16H2,1-2H3. The first-order chi connectivity index (χ1) is 17.5. The van der Waals surface area contributed by atoms with Crippen molar-refractivity contribution in [1.29, 1.82) is 0 Å². The van der Waals surface area contributed by atoms with Gasteiger partial charge in [0.25, 0.3) is 5.56 Å². The van der Waals surface area contributed by atoms with Crippen LogP contribution in [0.3, 0.4) is 0 Å². The molecule has 8 nitrogen and oxygen atoms in total. The molecule has 2 aliphatic rings. The summed E-state index contributed by atoms with van der Waals surface area (Å²) in [4.78, 5) is 29.7. The van der Waals surface area contributed by atoms with Crippen molar-refractivity contribution in [3.05, 3.63) is 70.5 Å². The molecule has 3 heterocycles. The maximum atomic E-state index is 13.5. The van der Waals surface area contributed by atoms with Crippen LogP contribution in [0.4, 0.5) is 18.9 Å². The zero-order valence-corrected chi connectivity index (χ0v) is 20.3. The molecule has 0 atom stereocenters. The summed E-state index contributed by atoms with van der Waals surface area (Å²) in [5.41, 5.74) is -0.774. The smallest absolute Gasteiger partial charge is 0.416 e. The van der Waals surface area contributed by atoms with Gasteiger partial charge in [-0.25, -0.2) is 4.68 Å². The molecule has 1 saturated heterocycles. The molecule has 194 valence electrons. The fourth-order valence-corrected chi connectivity index (χ4v) is 4.55. The lowest BCUT2D eigenvalue weighted by atomic mass is 10.0. The number of rotatable bonds is 4. The molecule has 1 aromatic heterocycles. The van der Waals surface area contributed by atoms with Crippen molar-refractivity contribution in [2.75, 3.05) is 37.9 Å². The van der Waals surface area contributed by atoms with Gasteiger partial charge in [0.05, 0.1) is 11.3 Å². The number of nitrogens with zero attached hydrogens (tertiary/aromatic N) is 4. The van der Waals surface area contributed by atoms with Crippen LogP contribution in [-0.4, -0.2) is 53.6 Å². The lowest BCUT2D eigenvalue weighted by Crippen LogP contribution is -2.56. The van der Waals surface area contributed by atoms with Crippen molar-refractivity contribution in [2.45, 2.75) is 25.6 Å². The van der Waals surface area contributed by atoms with E-state index in [9.17, 15) is 22.8 Å². The molecule has 2 aliphatic heterocycles. The van der Waals surface area contributed by atoms with Crippen molar-refractivity contribution in [2.24, 2.45) is 0 Å². The topological polar surface area (TPSA) is 76.9 Å². The van der Waals surface area contributed by atoms with Crippen LogP contribution in [0.1, 0.15) is 19.4 Å². The first kappa shape index (κ1) is 24.7. The third-order valence-electron chi connectivity index (χ3n) is 6.63. The maximum Gasteiger partial charge on any atom is 0.416 e. The van der Waals surface area contributed by atoms with Crippen molar-refractivity contribution in [1.82, 2.24) is 14.7 Å². The van der Waals surface area contributed by atoms with Crippen LogP contribution in [0.15, 0.2) is 59.4 Å². The van der Waals surface area contributed by atoms with Gasteiger partial charge in [-0.1, -0.05) is 6.07 Å². The summed E-state index contributed by atoms with van der Waals surface area (Å²) in [6.07, 6.45) is -4.42. The monoisotopic (exact) mass is 514 g/mol. The highest BCUT2D eigenvalue weighted by Gasteiger charge is 2.37. The zero-order valence-electron chi connectivity index (χ0n) is 20.3. The quantitative estimate of drug-likeness (QED) is 0.528. The summed E-state index contributed by atoms with van der Waals surface area (Å²) >= 11 is 0. The van der Waals surface area contributed by atoms with Crippen LogP contribution >= 0.6 is 0 Å². The third kappa shape index (κ3) is 4.73. The average Bonchev–Trinajstić information content (AvgIpc) is 3.36. The van der Waals surface area contributed by atoms with E-state index in [1.54, 1.807) is 49.1 Å². The molecule has 0 aliphatic carbocycles. The summed E-state index contributed by atoms with van der Waals surface area (Å²) in [5, 5.41) is 4.49. The lowest BCUT2D eigenvalue weighted by Gasteiger charge is -2.39. The van der Waals surface area contributed by atoms with E-state index in [2.05, 4.69) is 5.10 Å². The van der Waals surface area contributed by atoms with Gasteiger partial charge < -0.3 is 19.3 Å². The van der Waals surface area contributed by atoms with E-state index in [1.807, 2.05) is 4.90 Å². The van der Waals surface area contributed by atoms with Gasteiger partial charge in [-0.05, 0) is 56.3 Å². The number of benzene rings is 2. The first-order valence-corrected chi connectivity index (χ1v) is 11.8. The molecule has 0 bridgehead atoms. The Morgan fingerprint density at radius 3 is 2.38 bits per heavy atom. The largest absolute Gasteiger partial charge is 0.454 e. The van der Waals surface area contributed by atoms with E-state index in [-0.39, 0.29) is 12.7 Å². The van der Waals surface area contributed by atoms with Gasteiger partial charge in [0, 0.05) is 43.5 Å². The van der Waals surface area contributed by atoms with E-state index in [0.29, 0.717) is 54.6 Å². The number of fused-ring (bicyclic) bond motifs is 1. The second-order valence-corrected chi connectivity index (χ2v) is 9.42. The number of piperazine rings is 1. The molecular formula is C26H25F3N4O4. The van der Waals surface area contributed by atoms with Gasteiger partial charge in [-0.2, -0.15) is 18.3 Å². The van der Waals surface area contributed by atoms with Crippen LogP contribution < -0.4 is 19.9 Å². The number of amides is 1. The van der Waals surface area contributed by atoms with Crippen LogP contribution in [0.2, 0.25) is 0 Å². The van der Waals surface area contributed by atoms with E-state index >= 15 is 0 Å². The van der Waals surface area contributed by atoms with Crippen molar-refractivity contribution < 1.29 is 27.4 Å². The van der Waals surface area contributed by atoms with Gasteiger partial charge >= 0.3 is 6.18 Å². The van der Waals surface area contributed by atoms with Crippen molar-refractivity contribution >= 4 is 11.6 Å². The van der Waals surface area contributed by atoms with Gasteiger partial charge in [0.15, 0.2) is 11.5 Å². The van der Waals surface area contributed by atoms with Crippen molar-refractivity contribution in [3.63, 3.8) is 0 Å². The predicted octanol–water partition coefficient (Wildman–Crippen LogP) is 3.74. The van der Waals surface area contributed by atoms with E-state index in [4.69, 9.17) is 9.47 Å². The van der Waals surface area contributed by atoms with E-state index in [1.165, 1.54) is 16.8 Å². The van der Waals surface area contributed by atoms with E-state index in [0.717, 1.165) is 12.1 Å². The minimum atomic E-state index is -4.42. The fourth-order valence-electron chi connectivity index (χ4n) is 4.55. The number of ether oxygens (including phenoxy) is 2. The van der Waals surface area contributed by atoms with Gasteiger partial charge in [0.2, 0.25) is 12.7 Å². The summed E-state index contributed by atoms with van der Waals surface area (Å²) in [6.45, 7) is 4.72. The van der Waals surface area contributed by atoms with Crippen molar-refractivity contribution in [3.8, 4) is 22.8 Å². The lowest BCUT2D eigenvalue weighted by molar-refractivity contribution is -0.140. The van der Waals surface area contributed by atoms with Crippen LogP contribution in [-0.2, 0) is 16.5 Å². The molecule has 0 unspecified atom stereocenters. The van der Waals surface area contributed by atoms with E-state index < -0.39 is 22.8 Å². The summed E-state index contributed by atoms with van der Waals surface area (Å²) in [7, 11) is 0. The molecule has 5 rings (SSSR count). The minimum absolute atomic E-state index is 0.133. The Labute approximate surface area is 210 Å². The summed E-state index contributed by atoms with van der Waals surface area (Å²) in [5.74, 6) is 0.900. The molecule has 0 radical (unpaired) electrons. The Bertz CT molecular complexity index is 1400. The number of halogens is 3. The highest BCUT2D eigenvalue weighted by molar-refractivity contribution is 5.84. The fraction of sp³-hybridized carbons (Fsp3) is 0.346. The van der Waals surface area contributed by atoms with Gasteiger partial charge in [0.1, 0.15) is 5.54 Å². The van der Waals surface area contributed by atoms with Gasteiger partial charge in [-0.15, -0.1) is 0 Å². The summed E-state index contributed by atoms with van der Waals surface area (Å²) in [6, 6.07) is 13.4. The molecular weight excluding hydrogens is 489 g/mol. The third-order valence-corrected chi connectivity index (χ3v) is 6.63. The van der Waals surface area contributed by atoms with Crippen LogP contribution in [0.25, 0.3) is 11.3 Å². The molecule has 37 heavy (non-hydrogen) atoms. The average molecular weight is 515 g/mol. The zero-order chi connectivity index (χ0) is 26.4. The number of carbonyl (C=O) groups excluding carboxylic acids is 1. The second-order valence-electron chi connectivity index (χ2n) is 9.42. The summed E-state index contributed by atoms with van der Waals surface area (Å²) < 4.78 is 51.3. The van der Waals surface area contributed by atoms with Crippen LogP contribution in [0, 0.1) is 0 Å². The molecule has 1 amide bonds. The van der Waals surface area contributed by atoms with Gasteiger partial charge in [-0.3, -0.25) is 9.59 Å². The number of aromatic nitrogens is 2. The Hall–Kier alpha value is -4.02. The molecule has 3 aromatic rings. The first-order valence-electron chi connectivity index (χ1n) is 11.8. The molecule has 0 saturated carbocycles. The number of carbonyl (C=O) groups is 1. The number of hydrogen-bond acceptors (Lipinski definition) is 6. The Morgan fingerprint density at radius 2 is 1.65 bits per heavy atom. The van der Waals surface area contributed by atoms with Crippen LogP contribution in [0.5, 0.6) is 11.5 Å². The second kappa shape index (κ2) is 9.13. The minimum Gasteiger partial charge on any atom is -0.454 e. The molecule has 0 N–H and O–H groups in total. The molecule has 0 spiro atoms. The number of anilines is 1.